The van der Waals surface area contributed by atoms with Crippen LogP contribution in [0.25, 0.3) is 0 Å². The minimum Gasteiger partial charge on any atom is -0.492 e. The van der Waals surface area contributed by atoms with Gasteiger partial charge in [0.2, 0.25) is 0 Å². The first-order valence-corrected chi connectivity index (χ1v) is 7.61. The Balaban J connectivity index is 1.93. The van der Waals surface area contributed by atoms with E-state index in [-0.39, 0.29) is 6.04 Å². The quantitative estimate of drug-likeness (QED) is 0.769. The van der Waals surface area contributed by atoms with Crippen molar-refractivity contribution in [2.75, 3.05) is 13.2 Å². The molecule has 21 heavy (non-hydrogen) atoms. The van der Waals surface area contributed by atoms with Gasteiger partial charge >= 0.3 is 0 Å². The molecular weight excluding hydrogens is 264 g/mol. The fourth-order valence-electron chi connectivity index (χ4n) is 2.26. The zero-order valence-electron chi connectivity index (χ0n) is 12.8. The summed E-state index contributed by atoms with van der Waals surface area (Å²) in [5.74, 6) is 1.91. The number of aromatic nitrogens is 3. The van der Waals surface area contributed by atoms with E-state index in [0.717, 1.165) is 37.5 Å². The van der Waals surface area contributed by atoms with Gasteiger partial charge in [-0.15, -0.1) is 0 Å². The average molecular weight is 288 g/mol. The third kappa shape index (κ3) is 4.86. The van der Waals surface area contributed by atoms with Crippen LogP contribution in [0.1, 0.15) is 26.1 Å². The summed E-state index contributed by atoms with van der Waals surface area (Å²) in [7, 11) is 0. The molecular formula is C16H24N4O. The van der Waals surface area contributed by atoms with Crippen LogP contribution in [0.15, 0.2) is 36.7 Å². The van der Waals surface area contributed by atoms with Crippen molar-refractivity contribution in [2.24, 2.45) is 0 Å². The Bertz CT molecular complexity index is 512. The van der Waals surface area contributed by atoms with E-state index in [0.29, 0.717) is 6.61 Å². The van der Waals surface area contributed by atoms with Gasteiger partial charge in [-0.1, -0.05) is 32.0 Å². The summed E-state index contributed by atoms with van der Waals surface area (Å²) in [6.45, 7) is 6.69. The molecule has 1 aromatic heterocycles. The molecule has 5 nitrogen and oxygen atoms in total. The Morgan fingerprint density at radius 3 is 2.76 bits per heavy atom. The summed E-state index contributed by atoms with van der Waals surface area (Å²) >= 11 is 0. The van der Waals surface area contributed by atoms with Crippen LogP contribution in [0.3, 0.4) is 0 Å². The molecule has 0 aliphatic carbocycles. The van der Waals surface area contributed by atoms with Gasteiger partial charge in [0.1, 0.15) is 24.5 Å². The van der Waals surface area contributed by atoms with E-state index in [1.54, 1.807) is 6.33 Å². The summed E-state index contributed by atoms with van der Waals surface area (Å²) in [5, 5.41) is 7.73. The second-order valence-electron chi connectivity index (χ2n) is 4.98. The van der Waals surface area contributed by atoms with Crippen molar-refractivity contribution >= 4 is 0 Å². The lowest BCUT2D eigenvalue weighted by Gasteiger charge is -2.18. The van der Waals surface area contributed by atoms with Crippen LogP contribution < -0.4 is 10.1 Å². The highest BCUT2D eigenvalue weighted by molar-refractivity contribution is 5.21. The number of aryl methyl sites for hydroxylation is 1. The zero-order valence-corrected chi connectivity index (χ0v) is 12.8. The van der Waals surface area contributed by atoms with Crippen molar-refractivity contribution < 1.29 is 4.74 Å². The van der Waals surface area contributed by atoms with Gasteiger partial charge in [-0.25, -0.2) is 4.98 Å². The van der Waals surface area contributed by atoms with Crippen molar-refractivity contribution in [3.63, 3.8) is 0 Å². The van der Waals surface area contributed by atoms with Crippen LogP contribution in [0, 0.1) is 0 Å². The number of nitrogens with one attached hydrogen (secondary N) is 1. The number of para-hydroxylation sites is 1. The monoisotopic (exact) mass is 288 g/mol. The van der Waals surface area contributed by atoms with E-state index in [1.807, 2.05) is 35.0 Å². The molecule has 1 N–H and O–H groups in total. The second kappa shape index (κ2) is 8.42. The van der Waals surface area contributed by atoms with Gasteiger partial charge in [-0.05, 0) is 25.1 Å². The molecule has 2 rings (SSSR count). The molecule has 1 aromatic carbocycles. The highest BCUT2D eigenvalue weighted by atomic mass is 16.5. The number of hydrogen-bond acceptors (Lipinski definition) is 4. The molecule has 1 heterocycles. The Kier molecular flexibility index (Phi) is 6.22. The number of likely N-dealkylation sites (N-methyl/N-ethyl adjacent to an activating group) is 1. The Morgan fingerprint density at radius 1 is 1.24 bits per heavy atom. The van der Waals surface area contributed by atoms with Gasteiger partial charge in [0.15, 0.2) is 0 Å². The molecule has 5 heteroatoms. The lowest BCUT2D eigenvalue weighted by atomic mass is 10.2. The summed E-state index contributed by atoms with van der Waals surface area (Å²) in [4.78, 5) is 4.37. The highest BCUT2D eigenvalue weighted by Crippen LogP contribution is 2.10. The van der Waals surface area contributed by atoms with E-state index in [1.165, 1.54) is 0 Å². The molecule has 0 aliphatic heterocycles. The molecule has 0 radical (unpaired) electrons. The maximum Gasteiger partial charge on any atom is 0.138 e. The standard InChI is InChI=1S/C16H24N4O/c1-3-10-20-16(18-13-19-20)11-14(17-4-2)12-21-15-8-6-5-7-9-15/h5-9,13-14,17H,3-4,10-12H2,1-2H3. The summed E-state index contributed by atoms with van der Waals surface area (Å²) < 4.78 is 7.83. The summed E-state index contributed by atoms with van der Waals surface area (Å²) in [6, 6.07) is 10.1. The number of benzene rings is 1. The predicted octanol–water partition coefficient (Wildman–Crippen LogP) is 2.29. The molecule has 0 saturated carbocycles. The minimum absolute atomic E-state index is 0.231. The maximum absolute atomic E-state index is 5.85. The van der Waals surface area contributed by atoms with Gasteiger partial charge in [-0.3, -0.25) is 4.68 Å². The molecule has 2 aromatic rings. The van der Waals surface area contributed by atoms with E-state index < -0.39 is 0 Å². The minimum atomic E-state index is 0.231. The molecule has 1 unspecified atom stereocenters. The molecule has 0 amide bonds. The average Bonchev–Trinajstić information content (AvgIpc) is 2.94. The number of hydrogen-bond donors (Lipinski definition) is 1. The number of nitrogens with zero attached hydrogens (tertiary/aromatic N) is 3. The summed E-state index contributed by atoms with van der Waals surface area (Å²) in [5.41, 5.74) is 0. The molecule has 0 bridgehead atoms. The van der Waals surface area contributed by atoms with Crippen molar-refractivity contribution in [1.29, 1.82) is 0 Å². The van der Waals surface area contributed by atoms with Crippen LogP contribution in [0.2, 0.25) is 0 Å². The molecule has 0 saturated heterocycles. The van der Waals surface area contributed by atoms with Crippen LogP contribution in [-0.4, -0.2) is 34.0 Å². The topological polar surface area (TPSA) is 52.0 Å². The van der Waals surface area contributed by atoms with Crippen molar-refractivity contribution in [3.8, 4) is 5.75 Å². The largest absolute Gasteiger partial charge is 0.492 e. The van der Waals surface area contributed by atoms with Gasteiger partial charge in [0, 0.05) is 19.0 Å². The van der Waals surface area contributed by atoms with Crippen molar-refractivity contribution in [2.45, 2.75) is 39.3 Å². The molecule has 1 atom stereocenters. The third-order valence-corrected chi connectivity index (χ3v) is 3.25. The first kappa shape index (κ1) is 15.5. The Hall–Kier alpha value is -1.88. The van der Waals surface area contributed by atoms with E-state index in [4.69, 9.17) is 4.74 Å². The zero-order chi connectivity index (χ0) is 14.9. The third-order valence-electron chi connectivity index (χ3n) is 3.25. The van der Waals surface area contributed by atoms with E-state index in [2.05, 4.69) is 29.2 Å². The highest BCUT2D eigenvalue weighted by Gasteiger charge is 2.13. The van der Waals surface area contributed by atoms with Gasteiger partial charge in [0.05, 0.1) is 0 Å². The molecule has 0 spiro atoms. The van der Waals surface area contributed by atoms with Crippen LogP contribution >= 0.6 is 0 Å². The van der Waals surface area contributed by atoms with Crippen LogP contribution in [0.5, 0.6) is 5.75 Å². The maximum atomic E-state index is 5.85. The molecule has 114 valence electrons. The summed E-state index contributed by atoms with van der Waals surface area (Å²) in [6.07, 6.45) is 3.51. The SMILES string of the molecule is CCCn1ncnc1CC(COc1ccccc1)NCC. The number of rotatable bonds is 9. The van der Waals surface area contributed by atoms with Gasteiger partial charge in [0.25, 0.3) is 0 Å². The van der Waals surface area contributed by atoms with E-state index >= 15 is 0 Å². The molecule has 0 fully saturated rings. The number of ether oxygens (including phenoxy) is 1. The van der Waals surface area contributed by atoms with Gasteiger partial charge < -0.3 is 10.1 Å². The van der Waals surface area contributed by atoms with E-state index in [9.17, 15) is 0 Å². The second-order valence-corrected chi connectivity index (χ2v) is 4.98. The molecule has 0 aliphatic rings. The first-order chi connectivity index (χ1) is 10.3. The first-order valence-electron chi connectivity index (χ1n) is 7.61. The Morgan fingerprint density at radius 2 is 2.05 bits per heavy atom. The van der Waals surface area contributed by atoms with Crippen molar-refractivity contribution in [3.05, 3.63) is 42.5 Å². The smallest absolute Gasteiger partial charge is 0.138 e. The van der Waals surface area contributed by atoms with Crippen molar-refractivity contribution in [1.82, 2.24) is 20.1 Å². The predicted molar refractivity (Wildman–Crippen MR) is 83.4 cm³/mol. The van der Waals surface area contributed by atoms with Crippen LogP contribution in [-0.2, 0) is 13.0 Å². The fourth-order valence-corrected chi connectivity index (χ4v) is 2.26. The lowest BCUT2D eigenvalue weighted by Crippen LogP contribution is -2.37. The van der Waals surface area contributed by atoms with Gasteiger partial charge in [-0.2, -0.15) is 5.10 Å². The fraction of sp³-hybridized carbons (Fsp3) is 0.500. The normalized spacial score (nSPS) is 12.3. The van der Waals surface area contributed by atoms with Crippen LogP contribution in [0.4, 0.5) is 0 Å². The lowest BCUT2D eigenvalue weighted by molar-refractivity contribution is 0.261. The Labute approximate surface area is 126 Å².